The van der Waals surface area contributed by atoms with Crippen LogP contribution in [0.4, 0.5) is 8.78 Å². The number of benzene rings is 1. The van der Waals surface area contributed by atoms with Crippen LogP contribution in [-0.4, -0.2) is 5.16 Å². The Kier molecular flexibility index (Phi) is 5.90. The molecule has 4 heteroatoms. The molecule has 1 aromatic heterocycles. The van der Waals surface area contributed by atoms with Crippen LogP contribution < -0.4 is 0 Å². The van der Waals surface area contributed by atoms with Gasteiger partial charge in [-0.15, -0.1) is 0 Å². The lowest BCUT2D eigenvalue weighted by atomic mass is 10.1. The minimum Gasteiger partial charge on any atom is -0.361 e. The van der Waals surface area contributed by atoms with E-state index in [1.54, 1.807) is 6.07 Å². The number of aryl methyl sites for hydroxylation is 1. The monoisotopic (exact) mass is 293 g/mol. The molecular weight excluding hydrogens is 272 g/mol. The Bertz CT molecular complexity index is 545. The van der Waals surface area contributed by atoms with Gasteiger partial charge >= 0.3 is 0 Å². The summed E-state index contributed by atoms with van der Waals surface area (Å²) in [4.78, 5) is 0. The van der Waals surface area contributed by atoms with Gasteiger partial charge in [-0.2, -0.15) is 0 Å². The van der Waals surface area contributed by atoms with E-state index in [0.717, 1.165) is 24.7 Å². The van der Waals surface area contributed by atoms with Gasteiger partial charge in [-0.05, 0) is 18.6 Å². The summed E-state index contributed by atoms with van der Waals surface area (Å²) in [5.41, 5.74) is 0.889. The number of aromatic nitrogens is 1. The Morgan fingerprint density at radius 2 is 1.57 bits per heavy atom. The summed E-state index contributed by atoms with van der Waals surface area (Å²) in [5.74, 6) is -0.443. The lowest BCUT2D eigenvalue weighted by Gasteiger charge is -1.98. The zero-order valence-electron chi connectivity index (χ0n) is 12.4. The molecule has 0 fully saturated rings. The van der Waals surface area contributed by atoms with Gasteiger partial charge in [-0.3, -0.25) is 0 Å². The summed E-state index contributed by atoms with van der Waals surface area (Å²) < 4.78 is 31.6. The molecule has 0 unspecified atom stereocenters. The van der Waals surface area contributed by atoms with Gasteiger partial charge in [0.15, 0.2) is 0 Å². The van der Waals surface area contributed by atoms with Gasteiger partial charge in [-0.25, -0.2) is 8.78 Å². The molecule has 1 heterocycles. The fourth-order valence-electron chi connectivity index (χ4n) is 2.35. The highest BCUT2D eigenvalue weighted by Gasteiger charge is 2.09. The normalized spacial score (nSPS) is 11.0. The molecule has 0 saturated heterocycles. The molecule has 0 aliphatic rings. The zero-order valence-corrected chi connectivity index (χ0v) is 12.4. The molecule has 21 heavy (non-hydrogen) atoms. The largest absolute Gasteiger partial charge is 0.361 e. The molecule has 0 atom stereocenters. The Morgan fingerprint density at radius 1 is 0.905 bits per heavy atom. The van der Waals surface area contributed by atoms with E-state index in [0.29, 0.717) is 11.3 Å². The molecule has 2 nitrogen and oxygen atoms in total. The average Bonchev–Trinajstić information content (AvgIpc) is 2.90. The quantitative estimate of drug-likeness (QED) is 0.599. The van der Waals surface area contributed by atoms with Crippen LogP contribution in [0.3, 0.4) is 0 Å². The SMILES string of the molecule is CCCCCCCCc1cc(-c2cc(F)cc(F)c2)no1. The predicted octanol–water partition coefficient (Wildman–Crippen LogP) is 5.52. The third-order valence-corrected chi connectivity index (χ3v) is 3.49. The lowest BCUT2D eigenvalue weighted by molar-refractivity contribution is 0.380. The zero-order chi connectivity index (χ0) is 15.1. The van der Waals surface area contributed by atoms with E-state index in [4.69, 9.17) is 4.52 Å². The van der Waals surface area contributed by atoms with Gasteiger partial charge in [0, 0.05) is 24.1 Å². The minimum atomic E-state index is -0.606. The first-order valence-corrected chi connectivity index (χ1v) is 7.61. The third kappa shape index (κ3) is 4.96. The summed E-state index contributed by atoms with van der Waals surface area (Å²) in [6.07, 6.45) is 8.09. The molecule has 0 radical (unpaired) electrons. The van der Waals surface area contributed by atoms with Crippen molar-refractivity contribution in [2.75, 3.05) is 0 Å². The second-order valence-corrected chi connectivity index (χ2v) is 5.35. The van der Waals surface area contributed by atoms with Gasteiger partial charge in [-0.1, -0.05) is 44.2 Å². The summed E-state index contributed by atoms with van der Waals surface area (Å²) >= 11 is 0. The fourth-order valence-corrected chi connectivity index (χ4v) is 2.35. The van der Waals surface area contributed by atoms with Crippen molar-refractivity contribution in [2.24, 2.45) is 0 Å². The van der Waals surface area contributed by atoms with Crippen LogP contribution >= 0.6 is 0 Å². The number of unbranched alkanes of at least 4 members (excludes halogenated alkanes) is 5. The summed E-state index contributed by atoms with van der Waals surface area (Å²) in [5, 5.41) is 3.89. The molecule has 2 aromatic rings. The molecule has 0 spiro atoms. The van der Waals surface area contributed by atoms with Crippen molar-refractivity contribution in [3.63, 3.8) is 0 Å². The maximum absolute atomic E-state index is 13.2. The van der Waals surface area contributed by atoms with E-state index < -0.39 is 11.6 Å². The molecule has 0 aliphatic heterocycles. The fraction of sp³-hybridized carbons (Fsp3) is 0.471. The third-order valence-electron chi connectivity index (χ3n) is 3.49. The standard InChI is InChI=1S/C17H21F2NO/c1-2-3-4-5-6-7-8-16-12-17(20-21-16)13-9-14(18)11-15(19)10-13/h9-12H,2-8H2,1H3. The minimum absolute atomic E-state index is 0.408. The summed E-state index contributed by atoms with van der Waals surface area (Å²) in [7, 11) is 0. The molecule has 0 aliphatic carbocycles. The molecular formula is C17H21F2NO. The summed E-state index contributed by atoms with van der Waals surface area (Å²) in [6.45, 7) is 2.20. The first-order chi connectivity index (χ1) is 10.2. The predicted molar refractivity (Wildman–Crippen MR) is 78.9 cm³/mol. The molecule has 0 N–H and O–H groups in total. The van der Waals surface area contributed by atoms with Crippen LogP contribution in [-0.2, 0) is 6.42 Å². The van der Waals surface area contributed by atoms with E-state index in [9.17, 15) is 8.78 Å². The molecule has 0 bridgehead atoms. The highest BCUT2D eigenvalue weighted by molar-refractivity contribution is 5.58. The molecule has 0 amide bonds. The Balaban J connectivity index is 1.86. The van der Waals surface area contributed by atoms with Crippen molar-refractivity contribution in [3.05, 3.63) is 41.7 Å². The van der Waals surface area contributed by atoms with Crippen LogP contribution in [0.25, 0.3) is 11.3 Å². The number of hydrogen-bond donors (Lipinski definition) is 0. The van der Waals surface area contributed by atoms with Crippen molar-refractivity contribution in [1.29, 1.82) is 0 Å². The number of halogens is 2. The second kappa shape index (κ2) is 7.91. The van der Waals surface area contributed by atoms with Crippen LogP contribution in [0.1, 0.15) is 51.2 Å². The van der Waals surface area contributed by atoms with E-state index in [-0.39, 0.29) is 0 Å². The highest BCUT2D eigenvalue weighted by Crippen LogP contribution is 2.22. The Labute approximate surface area is 124 Å². The van der Waals surface area contributed by atoms with Crippen molar-refractivity contribution < 1.29 is 13.3 Å². The van der Waals surface area contributed by atoms with Crippen LogP contribution in [0.15, 0.2) is 28.8 Å². The smallest absolute Gasteiger partial charge is 0.137 e. The highest BCUT2D eigenvalue weighted by atomic mass is 19.1. The van der Waals surface area contributed by atoms with E-state index >= 15 is 0 Å². The first-order valence-electron chi connectivity index (χ1n) is 7.61. The van der Waals surface area contributed by atoms with Crippen molar-refractivity contribution in [1.82, 2.24) is 5.16 Å². The van der Waals surface area contributed by atoms with E-state index in [1.807, 2.05) is 0 Å². The maximum atomic E-state index is 13.2. The topological polar surface area (TPSA) is 26.0 Å². The van der Waals surface area contributed by atoms with Crippen LogP contribution in [0.5, 0.6) is 0 Å². The summed E-state index contributed by atoms with van der Waals surface area (Å²) in [6, 6.07) is 5.13. The second-order valence-electron chi connectivity index (χ2n) is 5.35. The average molecular weight is 293 g/mol. The van der Waals surface area contributed by atoms with Gasteiger partial charge in [0.05, 0.1) is 0 Å². The van der Waals surface area contributed by atoms with Crippen LogP contribution in [0, 0.1) is 11.6 Å². The molecule has 1 aromatic carbocycles. The van der Waals surface area contributed by atoms with Crippen molar-refractivity contribution in [3.8, 4) is 11.3 Å². The maximum Gasteiger partial charge on any atom is 0.137 e. The molecule has 0 saturated carbocycles. The number of hydrogen-bond acceptors (Lipinski definition) is 2. The Morgan fingerprint density at radius 3 is 2.29 bits per heavy atom. The lowest BCUT2D eigenvalue weighted by Crippen LogP contribution is -1.84. The van der Waals surface area contributed by atoms with Gasteiger partial charge in [0.25, 0.3) is 0 Å². The van der Waals surface area contributed by atoms with Gasteiger partial charge < -0.3 is 4.52 Å². The Hall–Kier alpha value is -1.71. The number of nitrogens with zero attached hydrogens (tertiary/aromatic N) is 1. The van der Waals surface area contributed by atoms with Gasteiger partial charge in [0.1, 0.15) is 23.1 Å². The van der Waals surface area contributed by atoms with Crippen LogP contribution in [0.2, 0.25) is 0 Å². The number of rotatable bonds is 8. The first kappa shape index (κ1) is 15.7. The van der Waals surface area contributed by atoms with Crippen molar-refractivity contribution >= 4 is 0 Å². The molecule has 114 valence electrons. The van der Waals surface area contributed by atoms with E-state index in [1.165, 1.54) is 44.2 Å². The van der Waals surface area contributed by atoms with Gasteiger partial charge in [0.2, 0.25) is 0 Å². The van der Waals surface area contributed by atoms with E-state index in [2.05, 4.69) is 12.1 Å². The van der Waals surface area contributed by atoms with Crippen molar-refractivity contribution in [2.45, 2.75) is 51.9 Å². The molecule has 2 rings (SSSR count).